The number of carbonyl (C=O) groups is 1. The first-order valence-corrected chi connectivity index (χ1v) is 6.12. The Labute approximate surface area is 95.6 Å². The number of ether oxygens (including phenoxy) is 1. The summed E-state index contributed by atoms with van der Waals surface area (Å²) >= 11 is 4.61. The smallest absolute Gasteiger partial charge is 0.350 e. The molecule has 1 aromatic heterocycles. The lowest BCUT2D eigenvalue weighted by Crippen LogP contribution is -2.05. The molecule has 0 N–H and O–H groups in total. The highest BCUT2D eigenvalue weighted by Crippen LogP contribution is 2.25. The van der Waals surface area contributed by atoms with Crippen LogP contribution in [0.5, 0.6) is 0 Å². The SMILES string of the molecule is CCCc1nc(Br)sc1C(=O)OCC. The minimum atomic E-state index is -0.265. The van der Waals surface area contributed by atoms with Gasteiger partial charge in [0.2, 0.25) is 0 Å². The summed E-state index contributed by atoms with van der Waals surface area (Å²) in [6.45, 7) is 4.26. The first-order chi connectivity index (χ1) is 6.69. The van der Waals surface area contributed by atoms with Crippen LogP contribution in [0.25, 0.3) is 0 Å². The number of carbonyl (C=O) groups excluding carboxylic acids is 1. The molecule has 0 aliphatic carbocycles. The molecule has 1 heterocycles. The molecular formula is C9H12BrNO2S. The molecule has 0 saturated heterocycles. The number of aryl methyl sites for hydroxylation is 1. The number of hydrogen-bond acceptors (Lipinski definition) is 4. The van der Waals surface area contributed by atoms with Gasteiger partial charge in [-0.25, -0.2) is 9.78 Å². The van der Waals surface area contributed by atoms with E-state index in [1.807, 2.05) is 0 Å². The molecule has 14 heavy (non-hydrogen) atoms. The molecule has 0 saturated carbocycles. The van der Waals surface area contributed by atoms with E-state index >= 15 is 0 Å². The molecule has 0 fully saturated rings. The fourth-order valence-electron chi connectivity index (χ4n) is 1.09. The van der Waals surface area contributed by atoms with Crippen LogP contribution in [0.3, 0.4) is 0 Å². The van der Waals surface area contributed by atoms with Crippen LogP contribution in [0.2, 0.25) is 0 Å². The van der Waals surface area contributed by atoms with E-state index in [4.69, 9.17) is 4.74 Å². The van der Waals surface area contributed by atoms with Gasteiger partial charge in [0.25, 0.3) is 0 Å². The second-order valence-corrected chi connectivity index (χ2v) is 4.99. The van der Waals surface area contributed by atoms with Gasteiger partial charge >= 0.3 is 5.97 Å². The predicted octanol–water partition coefficient (Wildman–Crippen LogP) is 3.03. The van der Waals surface area contributed by atoms with E-state index in [9.17, 15) is 4.79 Å². The first-order valence-electron chi connectivity index (χ1n) is 4.51. The van der Waals surface area contributed by atoms with Crippen LogP contribution in [-0.4, -0.2) is 17.6 Å². The van der Waals surface area contributed by atoms with E-state index < -0.39 is 0 Å². The van der Waals surface area contributed by atoms with Gasteiger partial charge in [0.15, 0.2) is 3.92 Å². The summed E-state index contributed by atoms with van der Waals surface area (Å²) in [6.07, 6.45) is 1.79. The molecule has 0 atom stereocenters. The first kappa shape index (κ1) is 11.7. The highest BCUT2D eigenvalue weighted by Gasteiger charge is 2.17. The third kappa shape index (κ3) is 2.78. The van der Waals surface area contributed by atoms with Gasteiger partial charge in [0, 0.05) is 0 Å². The van der Waals surface area contributed by atoms with E-state index in [1.165, 1.54) is 11.3 Å². The number of nitrogens with zero attached hydrogens (tertiary/aromatic N) is 1. The Morgan fingerprint density at radius 1 is 1.57 bits per heavy atom. The minimum Gasteiger partial charge on any atom is -0.462 e. The van der Waals surface area contributed by atoms with Gasteiger partial charge in [-0.15, -0.1) is 0 Å². The Kier molecular flexibility index (Phi) is 4.54. The number of esters is 1. The third-order valence-corrected chi connectivity index (χ3v) is 3.15. The van der Waals surface area contributed by atoms with E-state index in [2.05, 4.69) is 27.8 Å². The van der Waals surface area contributed by atoms with Gasteiger partial charge in [0.05, 0.1) is 12.3 Å². The van der Waals surface area contributed by atoms with Crippen LogP contribution < -0.4 is 0 Å². The Morgan fingerprint density at radius 3 is 2.86 bits per heavy atom. The number of thiazole rings is 1. The van der Waals surface area contributed by atoms with Gasteiger partial charge in [-0.2, -0.15) is 0 Å². The molecule has 0 aromatic carbocycles. The molecule has 1 aromatic rings. The lowest BCUT2D eigenvalue weighted by Gasteiger charge is -2.00. The van der Waals surface area contributed by atoms with Crippen molar-refractivity contribution in [2.75, 3.05) is 6.61 Å². The lowest BCUT2D eigenvalue weighted by molar-refractivity contribution is 0.0530. The average molecular weight is 278 g/mol. The molecule has 1 rings (SSSR count). The zero-order valence-electron chi connectivity index (χ0n) is 8.17. The summed E-state index contributed by atoms with van der Waals surface area (Å²) in [5.41, 5.74) is 0.836. The maximum Gasteiger partial charge on any atom is 0.350 e. The van der Waals surface area contributed by atoms with Crippen LogP contribution in [0.1, 0.15) is 35.6 Å². The normalized spacial score (nSPS) is 10.2. The van der Waals surface area contributed by atoms with E-state index in [-0.39, 0.29) is 5.97 Å². The van der Waals surface area contributed by atoms with Crippen molar-refractivity contribution in [2.24, 2.45) is 0 Å². The van der Waals surface area contributed by atoms with Gasteiger partial charge in [-0.05, 0) is 29.3 Å². The van der Waals surface area contributed by atoms with E-state index in [0.717, 1.165) is 22.5 Å². The zero-order chi connectivity index (χ0) is 10.6. The Hall–Kier alpha value is -0.420. The topological polar surface area (TPSA) is 39.2 Å². The highest BCUT2D eigenvalue weighted by atomic mass is 79.9. The third-order valence-electron chi connectivity index (χ3n) is 1.62. The largest absolute Gasteiger partial charge is 0.462 e. The molecule has 5 heteroatoms. The summed E-state index contributed by atoms with van der Waals surface area (Å²) in [6, 6.07) is 0. The summed E-state index contributed by atoms with van der Waals surface area (Å²) in [5.74, 6) is -0.265. The number of aromatic nitrogens is 1. The van der Waals surface area contributed by atoms with Gasteiger partial charge in [-0.1, -0.05) is 24.7 Å². The van der Waals surface area contributed by atoms with Crippen molar-refractivity contribution in [3.05, 3.63) is 14.5 Å². The number of halogens is 1. The summed E-state index contributed by atoms with van der Waals surface area (Å²) in [5, 5.41) is 0. The molecule has 0 radical (unpaired) electrons. The fraction of sp³-hybridized carbons (Fsp3) is 0.556. The van der Waals surface area contributed by atoms with Crippen LogP contribution in [-0.2, 0) is 11.2 Å². The van der Waals surface area contributed by atoms with Crippen molar-refractivity contribution in [2.45, 2.75) is 26.7 Å². The number of rotatable bonds is 4. The molecule has 0 aliphatic heterocycles. The van der Waals surface area contributed by atoms with Crippen LogP contribution in [0, 0.1) is 0 Å². The summed E-state index contributed by atoms with van der Waals surface area (Å²) < 4.78 is 5.68. The standard InChI is InChI=1S/C9H12BrNO2S/c1-3-5-6-7(8(12)13-4-2)14-9(10)11-6/h3-5H2,1-2H3. The summed E-state index contributed by atoms with van der Waals surface area (Å²) in [4.78, 5) is 16.3. The van der Waals surface area contributed by atoms with Crippen molar-refractivity contribution in [1.29, 1.82) is 0 Å². The molecule has 3 nitrogen and oxygen atoms in total. The molecule has 0 bridgehead atoms. The molecular weight excluding hydrogens is 266 g/mol. The quantitative estimate of drug-likeness (QED) is 0.795. The van der Waals surface area contributed by atoms with Crippen LogP contribution in [0.4, 0.5) is 0 Å². The molecule has 0 spiro atoms. The number of hydrogen-bond donors (Lipinski definition) is 0. The van der Waals surface area contributed by atoms with Crippen LogP contribution >= 0.6 is 27.3 Å². The summed E-state index contributed by atoms with van der Waals surface area (Å²) in [7, 11) is 0. The fourth-order valence-corrected chi connectivity index (χ4v) is 2.52. The minimum absolute atomic E-state index is 0.265. The second kappa shape index (κ2) is 5.46. The van der Waals surface area contributed by atoms with Gasteiger partial charge < -0.3 is 4.74 Å². The van der Waals surface area contributed by atoms with E-state index in [0.29, 0.717) is 11.5 Å². The van der Waals surface area contributed by atoms with Crippen molar-refractivity contribution in [3.8, 4) is 0 Å². The van der Waals surface area contributed by atoms with Crippen molar-refractivity contribution < 1.29 is 9.53 Å². The highest BCUT2D eigenvalue weighted by molar-refractivity contribution is 9.11. The van der Waals surface area contributed by atoms with Gasteiger partial charge in [-0.3, -0.25) is 0 Å². The van der Waals surface area contributed by atoms with Crippen LogP contribution in [0.15, 0.2) is 3.92 Å². The Balaban J connectivity index is 2.88. The van der Waals surface area contributed by atoms with Crippen molar-refractivity contribution in [3.63, 3.8) is 0 Å². The van der Waals surface area contributed by atoms with E-state index in [1.54, 1.807) is 6.92 Å². The Morgan fingerprint density at radius 2 is 2.29 bits per heavy atom. The Bertz CT molecular complexity index is 325. The second-order valence-electron chi connectivity index (χ2n) is 2.71. The maximum absolute atomic E-state index is 11.5. The zero-order valence-corrected chi connectivity index (χ0v) is 10.6. The molecule has 0 amide bonds. The average Bonchev–Trinajstić information content (AvgIpc) is 2.48. The predicted molar refractivity (Wildman–Crippen MR) is 59.8 cm³/mol. The van der Waals surface area contributed by atoms with Crippen molar-refractivity contribution >= 4 is 33.2 Å². The molecule has 0 aliphatic rings. The van der Waals surface area contributed by atoms with Gasteiger partial charge in [0.1, 0.15) is 4.88 Å². The maximum atomic E-state index is 11.5. The molecule has 78 valence electrons. The lowest BCUT2D eigenvalue weighted by atomic mass is 10.2. The van der Waals surface area contributed by atoms with Crippen molar-refractivity contribution in [1.82, 2.24) is 4.98 Å². The monoisotopic (exact) mass is 277 g/mol. The molecule has 0 unspecified atom stereocenters.